The van der Waals surface area contributed by atoms with Crippen LogP contribution in [0, 0.1) is 0 Å². The third-order valence-electron chi connectivity index (χ3n) is 4.62. The average Bonchev–Trinajstić information content (AvgIpc) is 3.09. The molecule has 5 heteroatoms. The van der Waals surface area contributed by atoms with Crippen molar-refractivity contribution in [2.75, 3.05) is 39.3 Å². The van der Waals surface area contributed by atoms with Crippen molar-refractivity contribution in [1.82, 2.24) is 15.1 Å². The third-order valence-corrected chi connectivity index (χ3v) is 4.62. The number of amides is 1. The summed E-state index contributed by atoms with van der Waals surface area (Å²) in [6.45, 7) is 8.84. The number of carbonyl (C=O) groups is 1. The zero-order valence-corrected chi connectivity index (χ0v) is 12.8. The molecule has 116 valence electrons. The van der Waals surface area contributed by atoms with Crippen LogP contribution in [0.15, 0.2) is 0 Å². The van der Waals surface area contributed by atoms with Gasteiger partial charge in [0.25, 0.3) is 0 Å². The number of nitrogens with two attached hydrogens (primary N) is 1. The molecule has 1 amide bonds. The van der Waals surface area contributed by atoms with Crippen LogP contribution in [0.25, 0.3) is 0 Å². The summed E-state index contributed by atoms with van der Waals surface area (Å²) in [6, 6.07) is 0.578. The molecule has 0 saturated carbocycles. The number of carbonyl (C=O) groups excluding carboxylic acids is 1. The Morgan fingerprint density at radius 1 is 1.35 bits per heavy atom. The van der Waals surface area contributed by atoms with Gasteiger partial charge in [0.2, 0.25) is 5.91 Å². The van der Waals surface area contributed by atoms with Crippen molar-refractivity contribution in [2.45, 2.75) is 51.1 Å². The molecule has 5 nitrogen and oxygen atoms in total. The number of hydrogen-bond donors (Lipinski definition) is 2. The molecule has 0 aliphatic carbocycles. The highest BCUT2D eigenvalue weighted by Gasteiger charge is 2.29. The van der Waals surface area contributed by atoms with E-state index in [9.17, 15) is 4.79 Å². The van der Waals surface area contributed by atoms with Gasteiger partial charge in [-0.2, -0.15) is 0 Å². The quantitative estimate of drug-likeness (QED) is 0.676. The first kappa shape index (κ1) is 15.7. The SMILES string of the molecule is CCCNC(CCN1CCC(N2CCCC2)C1)C(N)=O. The molecule has 2 fully saturated rings. The maximum Gasteiger partial charge on any atom is 0.234 e. The van der Waals surface area contributed by atoms with Crippen LogP contribution in [-0.2, 0) is 4.79 Å². The Hall–Kier alpha value is -0.650. The summed E-state index contributed by atoms with van der Waals surface area (Å²) >= 11 is 0. The monoisotopic (exact) mass is 282 g/mol. The Labute approximate surface area is 122 Å². The second-order valence-corrected chi connectivity index (χ2v) is 6.18. The van der Waals surface area contributed by atoms with E-state index in [2.05, 4.69) is 22.0 Å². The molecular formula is C15H30N4O. The van der Waals surface area contributed by atoms with Gasteiger partial charge in [-0.3, -0.25) is 9.69 Å². The van der Waals surface area contributed by atoms with Crippen molar-refractivity contribution >= 4 is 5.91 Å². The first-order valence-electron chi connectivity index (χ1n) is 8.19. The zero-order chi connectivity index (χ0) is 14.4. The molecule has 3 N–H and O–H groups in total. The number of hydrogen-bond acceptors (Lipinski definition) is 4. The number of nitrogens with zero attached hydrogens (tertiary/aromatic N) is 2. The van der Waals surface area contributed by atoms with Gasteiger partial charge in [-0.1, -0.05) is 6.92 Å². The fraction of sp³-hybridized carbons (Fsp3) is 0.933. The van der Waals surface area contributed by atoms with Gasteiger partial charge < -0.3 is 16.0 Å². The van der Waals surface area contributed by atoms with Crippen LogP contribution in [-0.4, -0.2) is 67.1 Å². The normalized spacial score (nSPS) is 26.1. The van der Waals surface area contributed by atoms with E-state index in [0.29, 0.717) is 0 Å². The Morgan fingerprint density at radius 2 is 2.10 bits per heavy atom. The minimum Gasteiger partial charge on any atom is -0.368 e. The molecule has 0 spiro atoms. The number of rotatable bonds is 8. The van der Waals surface area contributed by atoms with Crippen molar-refractivity contribution < 1.29 is 4.79 Å². The summed E-state index contributed by atoms with van der Waals surface area (Å²) in [5.41, 5.74) is 5.46. The first-order chi connectivity index (χ1) is 9.70. The van der Waals surface area contributed by atoms with Gasteiger partial charge in [0.15, 0.2) is 0 Å². The van der Waals surface area contributed by atoms with Crippen LogP contribution < -0.4 is 11.1 Å². The van der Waals surface area contributed by atoms with Gasteiger partial charge in [0.05, 0.1) is 6.04 Å². The molecule has 0 aromatic carbocycles. The van der Waals surface area contributed by atoms with Gasteiger partial charge in [-0.15, -0.1) is 0 Å². The first-order valence-corrected chi connectivity index (χ1v) is 8.19. The topological polar surface area (TPSA) is 61.6 Å². The molecule has 0 radical (unpaired) electrons. The summed E-state index contributed by atoms with van der Waals surface area (Å²) in [5.74, 6) is -0.214. The van der Waals surface area contributed by atoms with Gasteiger partial charge in [0.1, 0.15) is 0 Å². The van der Waals surface area contributed by atoms with Crippen molar-refractivity contribution in [1.29, 1.82) is 0 Å². The van der Waals surface area contributed by atoms with Crippen LogP contribution in [0.1, 0.15) is 39.0 Å². The Morgan fingerprint density at radius 3 is 2.75 bits per heavy atom. The summed E-state index contributed by atoms with van der Waals surface area (Å²) in [5, 5.41) is 3.25. The summed E-state index contributed by atoms with van der Waals surface area (Å²) in [6.07, 6.45) is 5.87. The van der Waals surface area contributed by atoms with Crippen LogP contribution in [0.5, 0.6) is 0 Å². The van der Waals surface area contributed by atoms with E-state index < -0.39 is 0 Å². The molecule has 2 aliphatic rings. The second-order valence-electron chi connectivity index (χ2n) is 6.18. The molecule has 20 heavy (non-hydrogen) atoms. The molecule has 2 rings (SSSR count). The minimum absolute atomic E-state index is 0.166. The predicted octanol–water partition coefficient (Wildman–Crippen LogP) is 0.400. The summed E-state index contributed by atoms with van der Waals surface area (Å²) in [4.78, 5) is 16.5. The van der Waals surface area contributed by atoms with E-state index >= 15 is 0 Å². The maximum atomic E-state index is 11.4. The van der Waals surface area contributed by atoms with E-state index in [0.717, 1.165) is 32.0 Å². The lowest BCUT2D eigenvalue weighted by molar-refractivity contribution is -0.120. The van der Waals surface area contributed by atoms with Gasteiger partial charge in [-0.05, 0) is 58.3 Å². The van der Waals surface area contributed by atoms with E-state index in [-0.39, 0.29) is 11.9 Å². The highest BCUT2D eigenvalue weighted by atomic mass is 16.1. The Kier molecular flexibility index (Phi) is 6.26. The van der Waals surface area contributed by atoms with E-state index in [1.165, 1.54) is 45.4 Å². The maximum absolute atomic E-state index is 11.4. The Bertz CT molecular complexity index is 304. The van der Waals surface area contributed by atoms with Crippen LogP contribution >= 0.6 is 0 Å². The highest BCUT2D eigenvalue weighted by Crippen LogP contribution is 2.20. The molecule has 0 aromatic heterocycles. The van der Waals surface area contributed by atoms with E-state index in [1.54, 1.807) is 0 Å². The number of likely N-dealkylation sites (tertiary alicyclic amines) is 2. The molecule has 0 bridgehead atoms. The van der Waals surface area contributed by atoms with Gasteiger partial charge >= 0.3 is 0 Å². The highest BCUT2D eigenvalue weighted by molar-refractivity contribution is 5.79. The van der Waals surface area contributed by atoms with Crippen LogP contribution in [0.4, 0.5) is 0 Å². The molecule has 2 aliphatic heterocycles. The van der Waals surface area contributed by atoms with Gasteiger partial charge in [0, 0.05) is 19.1 Å². The molecule has 2 saturated heterocycles. The van der Waals surface area contributed by atoms with Crippen molar-refractivity contribution in [3.8, 4) is 0 Å². The predicted molar refractivity (Wildman–Crippen MR) is 81.5 cm³/mol. The fourth-order valence-corrected chi connectivity index (χ4v) is 3.40. The van der Waals surface area contributed by atoms with Crippen molar-refractivity contribution in [3.63, 3.8) is 0 Å². The molecule has 0 aromatic rings. The largest absolute Gasteiger partial charge is 0.368 e. The number of primary amides is 1. The lowest BCUT2D eigenvalue weighted by Crippen LogP contribution is -2.44. The van der Waals surface area contributed by atoms with Crippen LogP contribution in [0.2, 0.25) is 0 Å². The fourth-order valence-electron chi connectivity index (χ4n) is 3.40. The van der Waals surface area contributed by atoms with E-state index in [4.69, 9.17) is 5.73 Å². The molecule has 2 atom stereocenters. The molecule has 2 heterocycles. The molecule has 2 unspecified atom stereocenters. The van der Waals surface area contributed by atoms with Crippen LogP contribution in [0.3, 0.4) is 0 Å². The average molecular weight is 282 g/mol. The van der Waals surface area contributed by atoms with E-state index in [1.807, 2.05) is 0 Å². The summed E-state index contributed by atoms with van der Waals surface area (Å²) in [7, 11) is 0. The third kappa shape index (κ3) is 4.43. The zero-order valence-electron chi connectivity index (χ0n) is 12.8. The Balaban J connectivity index is 1.69. The van der Waals surface area contributed by atoms with Crippen molar-refractivity contribution in [3.05, 3.63) is 0 Å². The van der Waals surface area contributed by atoms with Gasteiger partial charge in [-0.25, -0.2) is 0 Å². The summed E-state index contributed by atoms with van der Waals surface area (Å²) < 4.78 is 0. The molecular weight excluding hydrogens is 252 g/mol. The lowest BCUT2D eigenvalue weighted by Gasteiger charge is -2.24. The van der Waals surface area contributed by atoms with Crippen molar-refractivity contribution in [2.24, 2.45) is 5.73 Å². The second kappa shape index (κ2) is 7.96. The standard InChI is InChI=1S/C15H30N4O/c1-2-7-17-14(15(16)20)6-11-18-10-5-13(12-18)19-8-3-4-9-19/h13-14,17H,2-12H2,1H3,(H2,16,20). The smallest absolute Gasteiger partial charge is 0.234 e. The lowest BCUT2D eigenvalue weighted by atomic mass is 10.2. The number of nitrogens with one attached hydrogen (secondary N) is 1. The minimum atomic E-state index is -0.214.